The van der Waals surface area contributed by atoms with Crippen LogP contribution >= 0.6 is 0 Å². The van der Waals surface area contributed by atoms with E-state index in [1.54, 1.807) is 32.5 Å². The molecular weight excluding hydrogens is 320 g/mol. The van der Waals surface area contributed by atoms with Crippen LogP contribution in [0.25, 0.3) is 0 Å². The Morgan fingerprint density at radius 2 is 1.60 bits per heavy atom. The third-order valence-electron chi connectivity index (χ3n) is 4.26. The summed E-state index contributed by atoms with van der Waals surface area (Å²) >= 11 is 0. The third kappa shape index (κ3) is 4.24. The van der Waals surface area contributed by atoms with E-state index in [0.717, 1.165) is 25.2 Å². The molecule has 7 heteroatoms. The van der Waals surface area contributed by atoms with Crippen molar-refractivity contribution in [2.75, 3.05) is 40.4 Å². The molecule has 1 aliphatic heterocycles. The van der Waals surface area contributed by atoms with Crippen molar-refractivity contribution in [1.82, 2.24) is 19.8 Å². The SMILES string of the molecule is COc1ccc(CN2CCN(C(=O)c3ccc(OC)nc3)CC2)cn1. The van der Waals surface area contributed by atoms with E-state index in [-0.39, 0.29) is 5.91 Å². The highest BCUT2D eigenvalue weighted by molar-refractivity contribution is 5.94. The summed E-state index contributed by atoms with van der Waals surface area (Å²) in [6.07, 6.45) is 3.40. The minimum absolute atomic E-state index is 0.0147. The molecule has 0 aromatic carbocycles. The minimum atomic E-state index is 0.0147. The molecule has 132 valence electrons. The van der Waals surface area contributed by atoms with Crippen LogP contribution in [-0.4, -0.2) is 66.1 Å². The summed E-state index contributed by atoms with van der Waals surface area (Å²) in [4.78, 5) is 25.1. The number of rotatable bonds is 5. The molecule has 0 N–H and O–H groups in total. The molecule has 0 bridgehead atoms. The highest BCUT2D eigenvalue weighted by atomic mass is 16.5. The molecule has 0 unspecified atom stereocenters. The van der Waals surface area contributed by atoms with E-state index in [0.29, 0.717) is 30.4 Å². The second-order valence-electron chi connectivity index (χ2n) is 5.87. The molecule has 0 saturated carbocycles. The van der Waals surface area contributed by atoms with Crippen molar-refractivity contribution < 1.29 is 14.3 Å². The smallest absolute Gasteiger partial charge is 0.255 e. The van der Waals surface area contributed by atoms with Crippen LogP contribution in [0.2, 0.25) is 0 Å². The fraction of sp³-hybridized carbons (Fsp3) is 0.389. The van der Waals surface area contributed by atoms with Gasteiger partial charge in [0, 0.05) is 57.3 Å². The van der Waals surface area contributed by atoms with E-state index >= 15 is 0 Å². The van der Waals surface area contributed by atoms with Gasteiger partial charge in [-0.15, -0.1) is 0 Å². The van der Waals surface area contributed by atoms with Crippen molar-refractivity contribution in [2.24, 2.45) is 0 Å². The monoisotopic (exact) mass is 342 g/mol. The number of piperazine rings is 1. The van der Waals surface area contributed by atoms with Crippen molar-refractivity contribution in [3.05, 3.63) is 47.8 Å². The Hall–Kier alpha value is -2.67. The lowest BCUT2D eigenvalue weighted by Crippen LogP contribution is -2.48. The maximum absolute atomic E-state index is 12.5. The molecule has 0 atom stereocenters. The van der Waals surface area contributed by atoms with E-state index in [4.69, 9.17) is 9.47 Å². The molecule has 2 aromatic heterocycles. The first kappa shape index (κ1) is 17.2. The van der Waals surface area contributed by atoms with E-state index < -0.39 is 0 Å². The van der Waals surface area contributed by atoms with Crippen molar-refractivity contribution in [1.29, 1.82) is 0 Å². The Morgan fingerprint density at radius 3 is 2.12 bits per heavy atom. The molecule has 3 rings (SSSR count). The van der Waals surface area contributed by atoms with Gasteiger partial charge in [-0.1, -0.05) is 6.07 Å². The Kier molecular flexibility index (Phi) is 5.45. The molecule has 1 fully saturated rings. The number of amides is 1. The molecule has 1 saturated heterocycles. The molecule has 1 aliphatic rings. The molecule has 7 nitrogen and oxygen atoms in total. The molecule has 25 heavy (non-hydrogen) atoms. The molecule has 0 aliphatic carbocycles. The van der Waals surface area contributed by atoms with Gasteiger partial charge in [0.15, 0.2) is 0 Å². The maximum Gasteiger partial charge on any atom is 0.255 e. The number of methoxy groups -OCH3 is 2. The van der Waals surface area contributed by atoms with Crippen molar-refractivity contribution >= 4 is 5.91 Å². The summed E-state index contributed by atoms with van der Waals surface area (Å²) in [6, 6.07) is 7.35. The first-order valence-corrected chi connectivity index (χ1v) is 8.20. The van der Waals surface area contributed by atoms with Crippen LogP contribution in [0.3, 0.4) is 0 Å². The fourth-order valence-electron chi connectivity index (χ4n) is 2.80. The zero-order valence-electron chi connectivity index (χ0n) is 14.5. The highest BCUT2D eigenvalue weighted by Crippen LogP contribution is 2.14. The molecule has 2 aromatic rings. The predicted octanol–water partition coefficient (Wildman–Crippen LogP) is 1.45. The number of aromatic nitrogens is 2. The Bertz CT molecular complexity index is 695. The lowest BCUT2D eigenvalue weighted by molar-refractivity contribution is 0.0628. The van der Waals surface area contributed by atoms with Gasteiger partial charge >= 0.3 is 0 Å². The predicted molar refractivity (Wildman–Crippen MR) is 92.8 cm³/mol. The maximum atomic E-state index is 12.5. The quantitative estimate of drug-likeness (QED) is 0.819. The van der Waals surface area contributed by atoms with Gasteiger partial charge in [-0.25, -0.2) is 9.97 Å². The Morgan fingerprint density at radius 1 is 0.960 bits per heavy atom. The van der Waals surface area contributed by atoms with Crippen molar-refractivity contribution in [3.8, 4) is 11.8 Å². The third-order valence-corrected chi connectivity index (χ3v) is 4.26. The summed E-state index contributed by atoms with van der Waals surface area (Å²) in [7, 11) is 3.16. The number of ether oxygens (including phenoxy) is 2. The topological polar surface area (TPSA) is 67.8 Å². The number of hydrogen-bond acceptors (Lipinski definition) is 6. The van der Waals surface area contributed by atoms with Gasteiger partial charge in [-0.05, 0) is 11.6 Å². The summed E-state index contributed by atoms with van der Waals surface area (Å²) in [5.74, 6) is 1.14. The zero-order valence-corrected chi connectivity index (χ0v) is 14.5. The van der Waals surface area contributed by atoms with Gasteiger partial charge in [0.05, 0.1) is 19.8 Å². The summed E-state index contributed by atoms with van der Waals surface area (Å²) in [5, 5.41) is 0. The first-order chi connectivity index (χ1) is 12.2. The van der Waals surface area contributed by atoms with Gasteiger partial charge in [0.1, 0.15) is 0 Å². The Labute approximate surface area is 147 Å². The average molecular weight is 342 g/mol. The van der Waals surface area contributed by atoms with Gasteiger partial charge < -0.3 is 14.4 Å². The summed E-state index contributed by atoms with van der Waals surface area (Å²) in [6.45, 7) is 3.90. The van der Waals surface area contributed by atoms with Gasteiger partial charge in [-0.2, -0.15) is 0 Å². The largest absolute Gasteiger partial charge is 0.481 e. The Balaban J connectivity index is 1.52. The van der Waals surface area contributed by atoms with Crippen molar-refractivity contribution in [3.63, 3.8) is 0 Å². The van der Waals surface area contributed by atoms with E-state index in [1.165, 1.54) is 0 Å². The number of carbonyl (C=O) groups is 1. The van der Waals surface area contributed by atoms with E-state index in [2.05, 4.69) is 14.9 Å². The normalized spacial score (nSPS) is 15.0. The average Bonchev–Trinajstić information content (AvgIpc) is 2.69. The lowest BCUT2D eigenvalue weighted by atomic mass is 10.2. The van der Waals surface area contributed by atoms with Crippen LogP contribution in [0.1, 0.15) is 15.9 Å². The number of hydrogen-bond donors (Lipinski definition) is 0. The first-order valence-electron chi connectivity index (χ1n) is 8.20. The second kappa shape index (κ2) is 7.94. The standard InChI is InChI=1S/C18H22N4O3/c1-24-16-5-3-14(11-19-16)13-21-7-9-22(10-8-21)18(23)15-4-6-17(25-2)20-12-15/h3-6,11-12H,7-10,13H2,1-2H3. The van der Waals surface area contributed by atoms with Crippen LogP contribution in [-0.2, 0) is 6.54 Å². The molecule has 0 radical (unpaired) electrons. The number of carbonyl (C=O) groups excluding carboxylic acids is 1. The summed E-state index contributed by atoms with van der Waals surface area (Å²) in [5.41, 5.74) is 1.73. The van der Waals surface area contributed by atoms with Crippen molar-refractivity contribution in [2.45, 2.75) is 6.54 Å². The molecule has 1 amide bonds. The van der Waals surface area contributed by atoms with E-state index in [1.807, 2.05) is 23.2 Å². The number of nitrogens with zero attached hydrogens (tertiary/aromatic N) is 4. The zero-order chi connectivity index (χ0) is 17.6. The van der Waals surface area contributed by atoms with Crippen LogP contribution in [0.4, 0.5) is 0 Å². The summed E-state index contributed by atoms with van der Waals surface area (Å²) < 4.78 is 10.1. The fourth-order valence-corrected chi connectivity index (χ4v) is 2.80. The van der Waals surface area contributed by atoms with Gasteiger partial charge in [0.25, 0.3) is 5.91 Å². The molecule has 3 heterocycles. The van der Waals surface area contributed by atoms with E-state index in [9.17, 15) is 4.79 Å². The van der Waals surface area contributed by atoms with Crippen LogP contribution in [0.15, 0.2) is 36.7 Å². The second-order valence-corrected chi connectivity index (χ2v) is 5.87. The van der Waals surface area contributed by atoms with Crippen LogP contribution in [0, 0.1) is 0 Å². The molecule has 0 spiro atoms. The molecular formula is C18H22N4O3. The van der Waals surface area contributed by atoms with Crippen LogP contribution in [0.5, 0.6) is 11.8 Å². The van der Waals surface area contributed by atoms with Gasteiger partial charge in [-0.3, -0.25) is 9.69 Å². The highest BCUT2D eigenvalue weighted by Gasteiger charge is 2.22. The van der Waals surface area contributed by atoms with Gasteiger partial charge in [0.2, 0.25) is 11.8 Å². The van der Waals surface area contributed by atoms with Crippen LogP contribution < -0.4 is 9.47 Å². The number of pyridine rings is 2. The minimum Gasteiger partial charge on any atom is -0.481 e. The lowest BCUT2D eigenvalue weighted by Gasteiger charge is -2.34.